The second kappa shape index (κ2) is 7.86. The summed E-state index contributed by atoms with van der Waals surface area (Å²) in [5, 5.41) is 0. The first kappa shape index (κ1) is 16.4. The molecule has 0 spiro atoms. The lowest BCUT2D eigenvalue weighted by atomic mass is 9.96. The number of pyridine rings is 1. The number of rotatable bonds is 3. The van der Waals surface area contributed by atoms with Gasteiger partial charge in [0.05, 0.1) is 6.04 Å². The van der Waals surface area contributed by atoms with Crippen LogP contribution in [0.3, 0.4) is 0 Å². The van der Waals surface area contributed by atoms with Gasteiger partial charge >= 0.3 is 0 Å². The molecule has 1 aliphatic carbocycles. The minimum atomic E-state index is -0.341. The van der Waals surface area contributed by atoms with Crippen LogP contribution in [0.15, 0.2) is 59.7 Å². The molecule has 0 radical (unpaired) electrons. The average Bonchev–Trinajstić information content (AvgIpc) is 2.62. The first-order valence-electron chi connectivity index (χ1n) is 8.42. The summed E-state index contributed by atoms with van der Waals surface area (Å²) in [6, 6.07) is 12.2. The molecule has 1 aliphatic rings. The molecule has 0 bridgehead atoms. The second-order valence-electron chi connectivity index (χ2n) is 6.04. The molecule has 1 aromatic carbocycles. The zero-order valence-corrected chi connectivity index (χ0v) is 13.6. The normalized spacial score (nSPS) is 16.6. The van der Waals surface area contributed by atoms with Gasteiger partial charge in [0, 0.05) is 17.8 Å². The monoisotopic (exact) mass is 324 g/mol. The van der Waals surface area contributed by atoms with Crippen LogP contribution in [-0.2, 0) is 0 Å². The largest absolute Gasteiger partial charge is 0.269 e. The molecule has 1 fully saturated rings. The third kappa shape index (κ3) is 4.07. The number of allylic oxidation sites excluding steroid dienone is 1. The molecular weight excluding hydrogens is 303 g/mol. The molecule has 0 aliphatic heterocycles. The van der Waals surface area contributed by atoms with Crippen molar-refractivity contribution in [2.24, 2.45) is 4.99 Å². The average molecular weight is 324 g/mol. The van der Waals surface area contributed by atoms with Crippen molar-refractivity contribution in [1.29, 1.82) is 0 Å². The van der Waals surface area contributed by atoms with E-state index in [2.05, 4.69) is 0 Å². The molecule has 0 unspecified atom stereocenters. The molecular formula is C20H21FN2O. The lowest BCUT2D eigenvalue weighted by Gasteiger charge is -2.17. The van der Waals surface area contributed by atoms with Crippen molar-refractivity contribution in [2.75, 3.05) is 0 Å². The Kier molecular flexibility index (Phi) is 5.36. The summed E-state index contributed by atoms with van der Waals surface area (Å²) in [7, 11) is 0. The maximum Gasteiger partial charge on any atom is 0.256 e. The van der Waals surface area contributed by atoms with E-state index in [4.69, 9.17) is 4.99 Å². The SMILES string of the molecule is O=C(/C=C/c1ccccc1F)n1ccccc1=NC1CCCCC1. The minimum absolute atomic E-state index is 0.228. The highest BCUT2D eigenvalue weighted by atomic mass is 19.1. The third-order valence-corrected chi connectivity index (χ3v) is 4.28. The summed E-state index contributed by atoms with van der Waals surface area (Å²) >= 11 is 0. The maximum atomic E-state index is 13.6. The Morgan fingerprint density at radius 3 is 2.62 bits per heavy atom. The summed E-state index contributed by atoms with van der Waals surface area (Å²) in [6.45, 7) is 0. The van der Waals surface area contributed by atoms with E-state index in [0.29, 0.717) is 11.1 Å². The molecule has 4 heteroatoms. The van der Waals surface area contributed by atoms with Crippen LogP contribution in [0.1, 0.15) is 42.5 Å². The number of hydrogen-bond acceptors (Lipinski definition) is 2. The maximum absolute atomic E-state index is 13.6. The van der Waals surface area contributed by atoms with Crippen LogP contribution in [0.25, 0.3) is 6.08 Å². The summed E-state index contributed by atoms with van der Waals surface area (Å²) in [5.41, 5.74) is 1.06. The fourth-order valence-corrected chi connectivity index (χ4v) is 2.97. The number of halogens is 1. The Labute approximate surface area is 141 Å². The molecule has 0 N–H and O–H groups in total. The van der Waals surface area contributed by atoms with Gasteiger partial charge in [-0.2, -0.15) is 0 Å². The lowest BCUT2D eigenvalue weighted by Crippen LogP contribution is -2.27. The van der Waals surface area contributed by atoms with Gasteiger partial charge in [-0.1, -0.05) is 43.5 Å². The van der Waals surface area contributed by atoms with Crippen molar-refractivity contribution in [1.82, 2.24) is 4.57 Å². The quantitative estimate of drug-likeness (QED) is 0.779. The fraction of sp³-hybridized carbons (Fsp3) is 0.300. The molecule has 0 amide bonds. The zero-order valence-electron chi connectivity index (χ0n) is 13.6. The van der Waals surface area contributed by atoms with Crippen LogP contribution in [0, 0.1) is 5.82 Å². The van der Waals surface area contributed by atoms with E-state index in [1.807, 2.05) is 12.1 Å². The molecule has 1 saturated carbocycles. The number of carbonyl (C=O) groups excluding carboxylic acids is 1. The van der Waals surface area contributed by atoms with Crippen molar-refractivity contribution in [3.63, 3.8) is 0 Å². The minimum Gasteiger partial charge on any atom is -0.269 e. The van der Waals surface area contributed by atoms with Gasteiger partial charge in [-0.05, 0) is 37.1 Å². The van der Waals surface area contributed by atoms with Crippen LogP contribution in [0.2, 0.25) is 0 Å². The smallest absolute Gasteiger partial charge is 0.256 e. The molecule has 3 rings (SSSR count). The van der Waals surface area contributed by atoms with Crippen molar-refractivity contribution in [3.05, 3.63) is 71.6 Å². The predicted octanol–water partition coefficient (Wildman–Crippen LogP) is 4.21. The number of carbonyl (C=O) groups is 1. The van der Waals surface area contributed by atoms with Crippen LogP contribution >= 0.6 is 0 Å². The van der Waals surface area contributed by atoms with Crippen molar-refractivity contribution in [3.8, 4) is 0 Å². The van der Waals surface area contributed by atoms with E-state index in [1.165, 1.54) is 42.0 Å². The summed E-state index contributed by atoms with van der Waals surface area (Å²) < 4.78 is 15.2. The summed E-state index contributed by atoms with van der Waals surface area (Å²) in [6.07, 6.45) is 10.4. The molecule has 124 valence electrons. The Morgan fingerprint density at radius 2 is 1.83 bits per heavy atom. The summed E-state index contributed by atoms with van der Waals surface area (Å²) in [5.74, 6) is -0.569. The van der Waals surface area contributed by atoms with Crippen molar-refractivity contribution < 1.29 is 9.18 Å². The molecule has 0 saturated heterocycles. The molecule has 1 heterocycles. The van der Waals surface area contributed by atoms with Gasteiger partial charge in [0.15, 0.2) is 0 Å². The van der Waals surface area contributed by atoms with Crippen LogP contribution in [0.4, 0.5) is 4.39 Å². The lowest BCUT2D eigenvalue weighted by molar-refractivity contribution is 0.0964. The van der Waals surface area contributed by atoms with Gasteiger partial charge < -0.3 is 0 Å². The zero-order chi connectivity index (χ0) is 16.8. The first-order valence-corrected chi connectivity index (χ1v) is 8.42. The molecule has 2 aromatic rings. The summed E-state index contributed by atoms with van der Waals surface area (Å²) in [4.78, 5) is 17.2. The predicted molar refractivity (Wildman–Crippen MR) is 92.9 cm³/mol. The standard InChI is InChI=1S/C20H21FN2O/c21-18-11-5-4-8-16(18)13-14-20(24)23-15-7-6-12-19(23)22-17-9-2-1-3-10-17/h4-8,11-15,17H,1-3,9-10H2/b14-13+,22-19?. The second-order valence-corrected chi connectivity index (χ2v) is 6.04. The molecule has 3 nitrogen and oxygen atoms in total. The van der Waals surface area contributed by atoms with Gasteiger partial charge in [0.1, 0.15) is 11.3 Å². The van der Waals surface area contributed by atoms with E-state index < -0.39 is 0 Å². The van der Waals surface area contributed by atoms with Gasteiger partial charge in [-0.3, -0.25) is 14.4 Å². The van der Waals surface area contributed by atoms with E-state index in [9.17, 15) is 9.18 Å². The van der Waals surface area contributed by atoms with Gasteiger partial charge in [-0.15, -0.1) is 0 Å². The van der Waals surface area contributed by atoms with E-state index in [-0.39, 0.29) is 17.8 Å². The van der Waals surface area contributed by atoms with E-state index in [0.717, 1.165) is 12.8 Å². The van der Waals surface area contributed by atoms with E-state index >= 15 is 0 Å². The Bertz CT molecular complexity index is 801. The van der Waals surface area contributed by atoms with Crippen LogP contribution in [0.5, 0.6) is 0 Å². The Morgan fingerprint density at radius 1 is 1.08 bits per heavy atom. The highest BCUT2D eigenvalue weighted by Gasteiger charge is 2.12. The molecule has 24 heavy (non-hydrogen) atoms. The van der Waals surface area contributed by atoms with Gasteiger partial charge in [0.2, 0.25) is 0 Å². The van der Waals surface area contributed by atoms with Crippen molar-refractivity contribution >= 4 is 12.0 Å². The topological polar surface area (TPSA) is 34.4 Å². The van der Waals surface area contributed by atoms with E-state index in [1.54, 1.807) is 30.5 Å². The third-order valence-electron chi connectivity index (χ3n) is 4.28. The number of aromatic nitrogens is 1. The highest BCUT2D eigenvalue weighted by Crippen LogP contribution is 2.19. The van der Waals surface area contributed by atoms with Crippen LogP contribution in [-0.4, -0.2) is 16.5 Å². The number of nitrogens with zero attached hydrogens (tertiary/aromatic N) is 2. The molecule has 0 atom stereocenters. The number of hydrogen-bond donors (Lipinski definition) is 0. The van der Waals surface area contributed by atoms with Gasteiger partial charge in [0.25, 0.3) is 5.91 Å². The van der Waals surface area contributed by atoms with Crippen LogP contribution < -0.4 is 5.49 Å². The highest BCUT2D eigenvalue weighted by molar-refractivity contribution is 5.93. The van der Waals surface area contributed by atoms with Crippen molar-refractivity contribution in [2.45, 2.75) is 38.1 Å². The Balaban J connectivity index is 1.85. The number of benzene rings is 1. The fourth-order valence-electron chi connectivity index (χ4n) is 2.97. The Hall–Kier alpha value is -2.49. The first-order chi connectivity index (χ1) is 11.7. The molecule has 1 aromatic heterocycles. The van der Waals surface area contributed by atoms with Gasteiger partial charge in [-0.25, -0.2) is 4.39 Å².